The molecule has 0 bridgehead atoms. The summed E-state index contributed by atoms with van der Waals surface area (Å²) < 4.78 is 0.347. The van der Waals surface area contributed by atoms with Gasteiger partial charge in [0.1, 0.15) is 4.32 Å². The van der Waals surface area contributed by atoms with Gasteiger partial charge in [-0.05, 0) is 42.5 Å². The van der Waals surface area contributed by atoms with Crippen LogP contribution in [-0.2, 0) is 0 Å². The molecule has 2 aromatic carbocycles. The van der Waals surface area contributed by atoms with E-state index in [9.17, 15) is 4.79 Å². The molecule has 6 heteroatoms. The fourth-order valence-corrected chi connectivity index (χ4v) is 1.97. The van der Waals surface area contributed by atoms with Crippen molar-refractivity contribution in [2.24, 2.45) is 0 Å². The van der Waals surface area contributed by atoms with Crippen LogP contribution in [0.1, 0.15) is 10.4 Å². The molecule has 1 amide bonds. The standard InChI is InChI=1S/C14H11ClN2OS2/c15-10-4-6-11(7-5-10)16-13(18)9-2-1-3-12(8-9)17-14(19)20/h1-8H,(H,16,18)(H2,17,19,20). The highest BCUT2D eigenvalue weighted by Crippen LogP contribution is 2.16. The molecule has 2 aromatic rings. The monoisotopic (exact) mass is 322 g/mol. The summed E-state index contributed by atoms with van der Waals surface area (Å²) in [6.45, 7) is 0. The number of hydrogen-bond donors (Lipinski definition) is 3. The lowest BCUT2D eigenvalue weighted by Gasteiger charge is -2.08. The number of anilines is 2. The number of thiocarbonyl (C=S) groups is 1. The molecule has 0 atom stereocenters. The summed E-state index contributed by atoms with van der Waals surface area (Å²) in [7, 11) is 0. The third kappa shape index (κ3) is 4.23. The van der Waals surface area contributed by atoms with Gasteiger partial charge >= 0.3 is 0 Å². The Hall–Kier alpha value is -1.56. The summed E-state index contributed by atoms with van der Waals surface area (Å²) in [6, 6.07) is 13.9. The van der Waals surface area contributed by atoms with Crippen LogP contribution in [0.3, 0.4) is 0 Å². The summed E-state index contributed by atoms with van der Waals surface area (Å²) in [4.78, 5) is 12.1. The second-order valence-electron chi connectivity index (χ2n) is 3.97. The number of hydrogen-bond acceptors (Lipinski definition) is 2. The highest BCUT2D eigenvalue weighted by molar-refractivity contribution is 8.11. The van der Waals surface area contributed by atoms with E-state index in [0.717, 1.165) is 0 Å². The molecule has 2 N–H and O–H groups in total. The van der Waals surface area contributed by atoms with Crippen LogP contribution < -0.4 is 10.6 Å². The van der Waals surface area contributed by atoms with E-state index >= 15 is 0 Å². The normalized spacial score (nSPS) is 9.90. The molecular formula is C14H11ClN2OS2. The minimum atomic E-state index is -0.207. The van der Waals surface area contributed by atoms with Crippen molar-refractivity contribution < 1.29 is 4.79 Å². The molecule has 3 nitrogen and oxygen atoms in total. The van der Waals surface area contributed by atoms with Crippen LogP contribution in [0.15, 0.2) is 48.5 Å². The van der Waals surface area contributed by atoms with Gasteiger partial charge in [0.2, 0.25) is 0 Å². The molecule has 0 saturated carbocycles. The number of carbonyl (C=O) groups is 1. The first-order valence-electron chi connectivity index (χ1n) is 5.71. The van der Waals surface area contributed by atoms with E-state index in [1.807, 2.05) is 6.07 Å². The van der Waals surface area contributed by atoms with E-state index in [1.54, 1.807) is 42.5 Å². The van der Waals surface area contributed by atoms with Crippen molar-refractivity contribution in [1.82, 2.24) is 0 Å². The molecule has 0 fully saturated rings. The van der Waals surface area contributed by atoms with Crippen molar-refractivity contribution in [2.45, 2.75) is 0 Å². The lowest BCUT2D eigenvalue weighted by atomic mass is 10.2. The zero-order valence-electron chi connectivity index (χ0n) is 10.3. The first-order valence-corrected chi connectivity index (χ1v) is 6.95. The van der Waals surface area contributed by atoms with Crippen molar-refractivity contribution in [2.75, 3.05) is 10.6 Å². The SMILES string of the molecule is O=C(Nc1ccc(Cl)cc1)c1cccc(NC(=S)S)c1. The largest absolute Gasteiger partial charge is 0.341 e. The third-order valence-electron chi connectivity index (χ3n) is 2.48. The predicted octanol–water partition coefficient (Wildman–Crippen LogP) is 4.22. The van der Waals surface area contributed by atoms with Gasteiger partial charge in [-0.1, -0.05) is 29.9 Å². The molecular weight excluding hydrogens is 312 g/mol. The van der Waals surface area contributed by atoms with Crippen LogP contribution in [-0.4, -0.2) is 10.2 Å². The Bertz CT molecular complexity index is 644. The quantitative estimate of drug-likeness (QED) is 0.585. The van der Waals surface area contributed by atoms with Crippen LogP contribution in [0.25, 0.3) is 0 Å². The van der Waals surface area contributed by atoms with E-state index in [4.69, 9.17) is 23.8 Å². The highest BCUT2D eigenvalue weighted by atomic mass is 35.5. The zero-order chi connectivity index (χ0) is 14.5. The van der Waals surface area contributed by atoms with Crippen molar-refractivity contribution in [1.29, 1.82) is 0 Å². The van der Waals surface area contributed by atoms with Crippen molar-refractivity contribution >= 4 is 58.1 Å². The molecule has 0 aliphatic carbocycles. The fourth-order valence-electron chi connectivity index (χ4n) is 1.60. The lowest BCUT2D eigenvalue weighted by Crippen LogP contribution is -2.12. The van der Waals surface area contributed by atoms with Gasteiger partial charge in [0.15, 0.2) is 0 Å². The van der Waals surface area contributed by atoms with Gasteiger partial charge in [0, 0.05) is 22.0 Å². The number of amides is 1. The van der Waals surface area contributed by atoms with Crippen LogP contribution in [0.5, 0.6) is 0 Å². The van der Waals surface area contributed by atoms with Gasteiger partial charge < -0.3 is 10.6 Å². The highest BCUT2D eigenvalue weighted by Gasteiger charge is 2.07. The van der Waals surface area contributed by atoms with Crippen LogP contribution in [0.2, 0.25) is 5.02 Å². The van der Waals surface area contributed by atoms with Gasteiger partial charge in [-0.2, -0.15) is 0 Å². The Kier molecular flexibility index (Phi) is 5.00. The summed E-state index contributed by atoms with van der Waals surface area (Å²) in [5.41, 5.74) is 1.92. The zero-order valence-corrected chi connectivity index (χ0v) is 12.7. The third-order valence-corrected chi connectivity index (χ3v) is 2.94. The Labute approximate surface area is 132 Å². The molecule has 0 aliphatic rings. The molecule has 2 rings (SSSR count). The topological polar surface area (TPSA) is 41.1 Å². The molecule has 102 valence electrons. The second-order valence-corrected chi connectivity index (χ2v) is 5.57. The maximum absolute atomic E-state index is 12.1. The molecule has 0 aliphatic heterocycles. The number of rotatable bonds is 3. The summed E-state index contributed by atoms with van der Waals surface area (Å²) in [6.07, 6.45) is 0. The summed E-state index contributed by atoms with van der Waals surface area (Å²) >= 11 is 14.6. The van der Waals surface area contributed by atoms with E-state index < -0.39 is 0 Å². The molecule has 0 spiro atoms. The number of carbonyl (C=O) groups excluding carboxylic acids is 1. The van der Waals surface area contributed by atoms with Crippen LogP contribution in [0, 0.1) is 0 Å². The van der Waals surface area contributed by atoms with Gasteiger partial charge in [-0.3, -0.25) is 4.79 Å². The number of halogens is 1. The molecule has 20 heavy (non-hydrogen) atoms. The minimum absolute atomic E-state index is 0.207. The van der Waals surface area contributed by atoms with Crippen LogP contribution in [0.4, 0.5) is 11.4 Å². The summed E-state index contributed by atoms with van der Waals surface area (Å²) in [5, 5.41) is 6.28. The van der Waals surface area contributed by atoms with Crippen LogP contribution >= 0.6 is 36.4 Å². The van der Waals surface area contributed by atoms with Crippen molar-refractivity contribution in [3.05, 3.63) is 59.1 Å². The van der Waals surface area contributed by atoms with E-state index in [2.05, 4.69) is 23.3 Å². The number of thiol groups is 1. The predicted molar refractivity (Wildman–Crippen MR) is 91.1 cm³/mol. The molecule has 0 unspecified atom stereocenters. The minimum Gasteiger partial charge on any atom is -0.341 e. The van der Waals surface area contributed by atoms with Gasteiger partial charge in [0.25, 0.3) is 5.91 Å². The smallest absolute Gasteiger partial charge is 0.255 e. The maximum atomic E-state index is 12.1. The van der Waals surface area contributed by atoms with Gasteiger partial charge in [0.05, 0.1) is 0 Å². The molecule has 0 saturated heterocycles. The number of nitrogens with one attached hydrogen (secondary N) is 2. The van der Waals surface area contributed by atoms with Crippen molar-refractivity contribution in [3.8, 4) is 0 Å². The van der Waals surface area contributed by atoms with E-state index in [1.165, 1.54) is 0 Å². The van der Waals surface area contributed by atoms with E-state index in [0.29, 0.717) is 26.3 Å². The lowest BCUT2D eigenvalue weighted by molar-refractivity contribution is 0.102. The average molecular weight is 323 g/mol. The molecule has 0 radical (unpaired) electrons. The van der Waals surface area contributed by atoms with Gasteiger partial charge in [-0.15, -0.1) is 12.6 Å². The Morgan fingerprint density at radius 3 is 2.40 bits per heavy atom. The molecule has 0 aromatic heterocycles. The van der Waals surface area contributed by atoms with Gasteiger partial charge in [-0.25, -0.2) is 0 Å². The van der Waals surface area contributed by atoms with Crippen molar-refractivity contribution in [3.63, 3.8) is 0 Å². The van der Waals surface area contributed by atoms with E-state index in [-0.39, 0.29) is 5.91 Å². The fraction of sp³-hybridized carbons (Fsp3) is 0. The Morgan fingerprint density at radius 2 is 1.75 bits per heavy atom. The molecule has 0 heterocycles. The number of benzene rings is 2. The second kappa shape index (κ2) is 6.74. The summed E-state index contributed by atoms with van der Waals surface area (Å²) in [5.74, 6) is -0.207. The first-order chi connectivity index (χ1) is 9.54. The Balaban J connectivity index is 2.12. The maximum Gasteiger partial charge on any atom is 0.255 e. The first kappa shape index (κ1) is 14.8. The Morgan fingerprint density at radius 1 is 1.05 bits per heavy atom. The average Bonchev–Trinajstić information content (AvgIpc) is 2.41.